The van der Waals surface area contributed by atoms with E-state index in [0.717, 1.165) is 25.7 Å². The number of aryl methyl sites for hydroxylation is 1. The van der Waals surface area contributed by atoms with Crippen LogP contribution < -0.4 is 4.90 Å². The van der Waals surface area contributed by atoms with Crippen molar-refractivity contribution in [3.63, 3.8) is 0 Å². The average Bonchev–Trinajstić information content (AvgIpc) is 3.24. The number of thiophene rings is 2. The maximum atomic E-state index is 12.9. The van der Waals surface area contributed by atoms with E-state index in [2.05, 4.69) is 17.4 Å². The van der Waals surface area contributed by atoms with Crippen molar-refractivity contribution < 1.29 is 9.53 Å². The highest BCUT2D eigenvalue weighted by atomic mass is 32.1. The standard InChI is InChI=1S/C19H22N2O2S3/c1-6-8-14-12(2)15-16(25-14)17(26-20-15)21(11-13-9-7-10-24-13)18(22)23-19(3,4)5/h6-10H,11H2,1-5H3/b8-6-. The first-order valence-corrected chi connectivity index (χ1v) is 10.8. The van der Waals surface area contributed by atoms with Gasteiger partial charge in [0.1, 0.15) is 16.1 Å². The molecule has 0 saturated heterocycles. The molecule has 3 heterocycles. The smallest absolute Gasteiger partial charge is 0.415 e. The highest BCUT2D eigenvalue weighted by Crippen LogP contribution is 2.42. The Hall–Kier alpha value is -1.70. The van der Waals surface area contributed by atoms with E-state index in [-0.39, 0.29) is 6.09 Å². The molecule has 0 aliphatic carbocycles. The van der Waals surface area contributed by atoms with Crippen molar-refractivity contribution in [3.8, 4) is 0 Å². The van der Waals surface area contributed by atoms with Crippen LogP contribution in [0.2, 0.25) is 0 Å². The highest BCUT2D eigenvalue weighted by Gasteiger charge is 2.28. The third-order valence-corrected chi connectivity index (χ3v) is 6.76. The Labute approximate surface area is 165 Å². The molecule has 0 aliphatic rings. The second-order valence-electron chi connectivity index (χ2n) is 6.90. The second-order valence-corrected chi connectivity index (χ2v) is 9.74. The van der Waals surface area contributed by atoms with Gasteiger partial charge in [0, 0.05) is 9.75 Å². The molecule has 3 aromatic rings. The van der Waals surface area contributed by atoms with Gasteiger partial charge in [-0.05, 0) is 69.2 Å². The van der Waals surface area contributed by atoms with Crippen molar-refractivity contribution in [1.29, 1.82) is 0 Å². The number of carbonyl (C=O) groups excluding carboxylic acids is 1. The summed E-state index contributed by atoms with van der Waals surface area (Å²) < 4.78 is 11.3. The van der Waals surface area contributed by atoms with E-state index in [4.69, 9.17) is 4.74 Å². The number of carbonyl (C=O) groups is 1. The molecule has 0 spiro atoms. The number of hydrogen-bond acceptors (Lipinski definition) is 6. The number of amides is 1. The van der Waals surface area contributed by atoms with E-state index in [1.54, 1.807) is 27.6 Å². The molecule has 0 aromatic carbocycles. The molecule has 3 aromatic heterocycles. The van der Waals surface area contributed by atoms with Crippen LogP contribution in [-0.2, 0) is 11.3 Å². The lowest BCUT2D eigenvalue weighted by Crippen LogP contribution is -2.36. The quantitative estimate of drug-likeness (QED) is 0.484. The van der Waals surface area contributed by atoms with Crippen molar-refractivity contribution in [2.75, 3.05) is 4.90 Å². The number of aromatic nitrogens is 1. The van der Waals surface area contributed by atoms with Crippen molar-refractivity contribution >= 4 is 61.6 Å². The Bertz CT molecular complexity index is 930. The van der Waals surface area contributed by atoms with Crippen LogP contribution in [0.5, 0.6) is 0 Å². The van der Waals surface area contributed by atoms with Gasteiger partial charge in [-0.25, -0.2) is 4.79 Å². The molecule has 0 fully saturated rings. The monoisotopic (exact) mass is 406 g/mol. The van der Waals surface area contributed by atoms with Gasteiger partial charge in [0.2, 0.25) is 0 Å². The molecule has 138 valence electrons. The minimum Gasteiger partial charge on any atom is -0.443 e. The number of ether oxygens (including phenoxy) is 1. The third-order valence-electron chi connectivity index (χ3n) is 3.64. The van der Waals surface area contributed by atoms with Crippen LogP contribution in [0.3, 0.4) is 0 Å². The molecule has 26 heavy (non-hydrogen) atoms. The second kappa shape index (κ2) is 7.50. The summed E-state index contributed by atoms with van der Waals surface area (Å²) in [5.74, 6) is 0. The molecule has 7 heteroatoms. The van der Waals surface area contributed by atoms with E-state index >= 15 is 0 Å². The summed E-state index contributed by atoms with van der Waals surface area (Å²) in [6.45, 7) is 10.2. The first-order chi connectivity index (χ1) is 12.3. The number of hydrogen-bond donors (Lipinski definition) is 0. The Morgan fingerprint density at radius 3 is 2.77 bits per heavy atom. The predicted molar refractivity (Wildman–Crippen MR) is 114 cm³/mol. The lowest BCUT2D eigenvalue weighted by molar-refractivity contribution is 0.0579. The summed E-state index contributed by atoms with van der Waals surface area (Å²) in [6.07, 6.45) is 3.78. The number of anilines is 1. The molecule has 0 aliphatic heterocycles. The fourth-order valence-corrected chi connectivity index (χ4v) is 5.46. The van der Waals surface area contributed by atoms with Gasteiger partial charge in [-0.1, -0.05) is 12.1 Å². The molecule has 3 rings (SSSR count). The van der Waals surface area contributed by atoms with Gasteiger partial charge >= 0.3 is 6.09 Å². The van der Waals surface area contributed by atoms with Gasteiger partial charge in [0.25, 0.3) is 0 Å². The minimum absolute atomic E-state index is 0.338. The van der Waals surface area contributed by atoms with E-state index < -0.39 is 5.60 Å². The molecule has 4 nitrogen and oxygen atoms in total. The summed E-state index contributed by atoms with van der Waals surface area (Å²) >= 11 is 4.67. The zero-order valence-corrected chi connectivity index (χ0v) is 18.0. The predicted octanol–water partition coefficient (Wildman–Crippen LogP) is 6.70. The van der Waals surface area contributed by atoms with Crippen LogP contribution in [-0.4, -0.2) is 16.1 Å². The molecule has 0 N–H and O–H groups in total. The van der Waals surface area contributed by atoms with Gasteiger partial charge in [0.05, 0.1) is 11.2 Å². The Morgan fingerprint density at radius 1 is 1.38 bits per heavy atom. The number of fused-ring (bicyclic) bond motifs is 1. The third kappa shape index (κ3) is 4.00. The first kappa shape index (κ1) is 19.1. The van der Waals surface area contributed by atoms with Crippen LogP contribution in [0.25, 0.3) is 16.3 Å². The Kier molecular flexibility index (Phi) is 5.50. The maximum Gasteiger partial charge on any atom is 0.415 e. The van der Waals surface area contributed by atoms with Crippen LogP contribution in [0.4, 0.5) is 9.80 Å². The van der Waals surface area contributed by atoms with Crippen LogP contribution in [0.15, 0.2) is 23.6 Å². The maximum absolute atomic E-state index is 12.9. The van der Waals surface area contributed by atoms with E-state index in [1.165, 1.54) is 16.4 Å². The Morgan fingerprint density at radius 2 is 2.15 bits per heavy atom. The van der Waals surface area contributed by atoms with Crippen LogP contribution in [0, 0.1) is 6.92 Å². The summed E-state index contributed by atoms with van der Waals surface area (Å²) in [7, 11) is 0. The topological polar surface area (TPSA) is 42.4 Å². The SMILES string of the molecule is C/C=C\c1sc2c(N(Cc3cccs3)C(=O)OC(C)(C)C)snc2c1C. The fraction of sp³-hybridized carbons (Fsp3) is 0.368. The first-order valence-electron chi connectivity index (χ1n) is 8.34. The summed E-state index contributed by atoms with van der Waals surface area (Å²) in [4.78, 5) is 16.9. The summed E-state index contributed by atoms with van der Waals surface area (Å²) in [5.41, 5.74) is 1.59. The molecule has 0 bridgehead atoms. The molecular formula is C19H22N2O2S3. The number of nitrogens with zero attached hydrogens (tertiary/aromatic N) is 2. The van der Waals surface area contributed by atoms with E-state index in [1.807, 2.05) is 51.3 Å². The summed E-state index contributed by atoms with van der Waals surface area (Å²) in [5, 5.41) is 2.87. The largest absolute Gasteiger partial charge is 0.443 e. The van der Waals surface area contributed by atoms with Gasteiger partial charge < -0.3 is 4.74 Å². The van der Waals surface area contributed by atoms with Crippen molar-refractivity contribution in [1.82, 2.24) is 4.37 Å². The number of allylic oxidation sites excluding steroid dienone is 1. The minimum atomic E-state index is -0.546. The molecule has 0 unspecified atom stereocenters. The van der Waals surface area contributed by atoms with Gasteiger partial charge in [-0.15, -0.1) is 22.7 Å². The zero-order valence-electron chi connectivity index (χ0n) is 15.5. The van der Waals surface area contributed by atoms with Gasteiger partial charge in [-0.3, -0.25) is 4.90 Å². The lowest BCUT2D eigenvalue weighted by atomic mass is 10.2. The average molecular weight is 407 g/mol. The van der Waals surface area contributed by atoms with Crippen LogP contribution in [0.1, 0.15) is 43.0 Å². The number of rotatable bonds is 4. The fourth-order valence-electron chi connectivity index (χ4n) is 2.48. The molecule has 0 radical (unpaired) electrons. The van der Waals surface area contributed by atoms with E-state index in [0.29, 0.717) is 6.54 Å². The normalized spacial score (nSPS) is 12.2. The highest BCUT2D eigenvalue weighted by molar-refractivity contribution is 7.25. The zero-order chi connectivity index (χ0) is 18.9. The molecular weight excluding hydrogens is 384 g/mol. The lowest BCUT2D eigenvalue weighted by Gasteiger charge is -2.26. The van der Waals surface area contributed by atoms with Gasteiger partial charge in [-0.2, -0.15) is 4.37 Å². The van der Waals surface area contributed by atoms with Gasteiger partial charge in [0.15, 0.2) is 0 Å². The van der Waals surface area contributed by atoms with Crippen molar-refractivity contribution in [3.05, 3.63) is 38.9 Å². The molecule has 0 saturated carbocycles. The van der Waals surface area contributed by atoms with Crippen molar-refractivity contribution in [2.24, 2.45) is 0 Å². The molecule has 1 amide bonds. The Balaban J connectivity index is 2.04. The summed E-state index contributed by atoms with van der Waals surface area (Å²) in [6, 6.07) is 4.03. The van der Waals surface area contributed by atoms with E-state index in [9.17, 15) is 4.79 Å². The molecule has 0 atom stereocenters. The van der Waals surface area contributed by atoms with Crippen molar-refractivity contribution in [2.45, 2.75) is 46.8 Å². The van der Waals surface area contributed by atoms with Crippen LogP contribution >= 0.6 is 34.2 Å².